The van der Waals surface area contributed by atoms with Crippen molar-refractivity contribution >= 4 is 54.5 Å². The van der Waals surface area contributed by atoms with Gasteiger partial charge >= 0.3 is 0 Å². The molecule has 10 aromatic rings. The zero-order valence-electron chi connectivity index (χ0n) is 24.5. The fraction of sp³-hybridized carbons (Fsp3) is 0. The SMILES string of the molecule is c1ccc2c(c1)cnc1cccc(-c3c(-c4ccc5ccc6cccnc6c5n4)c(-c4ccn5ccccc45)nn4cccc34)c12. The maximum absolute atomic E-state index is 5.41. The molecule has 0 aliphatic carbocycles. The lowest BCUT2D eigenvalue weighted by atomic mass is 9.90. The fourth-order valence-corrected chi connectivity index (χ4v) is 7.01. The predicted molar refractivity (Wildman–Crippen MR) is 186 cm³/mol. The van der Waals surface area contributed by atoms with Gasteiger partial charge in [-0.25, -0.2) is 9.50 Å². The molecule has 0 N–H and O–H groups in total. The van der Waals surface area contributed by atoms with Crippen molar-refractivity contribution in [2.45, 2.75) is 0 Å². The number of pyridine rings is 4. The van der Waals surface area contributed by atoms with Crippen molar-refractivity contribution in [2.75, 3.05) is 0 Å². The Bertz CT molecular complexity index is 2830. The van der Waals surface area contributed by atoms with Gasteiger partial charge in [-0.2, -0.15) is 5.10 Å². The molecule has 0 spiro atoms. The molecule has 46 heavy (non-hydrogen) atoms. The molecule has 10 rings (SSSR count). The van der Waals surface area contributed by atoms with Crippen molar-refractivity contribution in [3.8, 4) is 33.6 Å². The van der Waals surface area contributed by atoms with Crippen molar-refractivity contribution < 1.29 is 0 Å². The molecule has 0 aliphatic heterocycles. The Morgan fingerprint density at radius 2 is 1.37 bits per heavy atom. The quantitative estimate of drug-likeness (QED) is 0.193. The second kappa shape index (κ2) is 9.55. The van der Waals surface area contributed by atoms with Crippen LogP contribution in [0.5, 0.6) is 0 Å². The maximum Gasteiger partial charge on any atom is 0.103 e. The van der Waals surface area contributed by atoms with Crippen molar-refractivity contribution in [3.63, 3.8) is 0 Å². The van der Waals surface area contributed by atoms with E-state index in [2.05, 4.69) is 120 Å². The van der Waals surface area contributed by atoms with Crippen molar-refractivity contribution in [1.82, 2.24) is 29.0 Å². The van der Waals surface area contributed by atoms with Crippen molar-refractivity contribution in [2.24, 2.45) is 0 Å². The number of aromatic nitrogens is 6. The average molecular weight is 589 g/mol. The molecule has 3 aromatic carbocycles. The normalized spacial score (nSPS) is 11.9. The van der Waals surface area contributed by atoms with Gasteiger partial charge in [0.1, 0.15) is 5.69 Å². The molecule has 7 aromatic heterocycles. The molecule has 0 radical (unpaired) electrons. The number of hydrogen-bond acceptors (Lipinski definition) is 4. The van der Waals surface area contributed by atoms with Crippen LogP contribution >= 0.6 is 0 Å². The number of hydrogen-bond donors (Lipinski definition) is 0. The maximum atomic E-state index is 5.41. The summed E-state index contributed by atoms with van der Waals surface area (Å²) in [5.74, 6) is 0. The molecular weight excluding hydrogens is 564 g/mol. The third kappa shape index (κ3) is 3.58. The van der Waals surface area contributed by atoms with Crippen LogP contribution in [0.25, 0.3) is 88.2 Å². The molecule has 0 aliphatic rings. The zero-order chi connectivity index (χ0) is 30.2. The third-order valence-corrected chi connectivity index (χ3v) is 9.07. The predicted octanol–water partition coefficient (Wildman–Crippen LogP) is 9.39. The van der Waals surface area contributed by atoms with E-state index >= 15 is 0 Å². The summed E-state index contributed by atoms with van der Waals surface area (Å²) < 4.78 is 4.14. The van der Waals surface area contributed by atoms with Crippen LogP contribution in [0.4, 0.5) is 0 Å². The number of rotatable bonds is 3. The molecule has 7 heterocycles. The highest BCUT2D eigenvalue weighted by Gasteiger charge is 2.25. The van der Waals surface area contributed by atoms with Crippen LogP contribution in [0.1, 0.15) is 0 Å². The monoisotopic (exact) mass is 588 g/mol. The summed E-state index contributed by atoms with van der Waals surface area (Å²) >= 11 is 0. The smallest absolute Gasteiger partial charge is 0.103 e. The van der Waals surface area contributed by atoms with Crippen LogP contribution in [-0.4, -0.2) is 29.0 Å². The number of nitrogens with zero attached hydrogens (tertiary/aromatic N) is 6. The summed E-state index contributed by atoms with van der Waals surface area (Å²) in [7, 11) is 0. The number of benzene rings is 3. The fourth-order valence-electron chi connectivity index (χ4n) is 7.01. The Labute approximate surface area is 262 Å². The minimum atomic E-state index is 0.840. The summed E-state index contributed by atoms with van der Waals surface area (Å²) in [6.45, 7) is 0. The summed E-state index contributed by atoms with van der Waals surface area (Å²) in [6.07, 6.45) is 9.99. The van der Waals surface area contributed by atoms with Gasteiger partial charge in [-0.05, 0) is 59.5 Å². The van der Waals surface area contributed by atoms with Gasteiger partial charge in [0.25, 0.3) is 0 Å². The molecule has 0 unspecified atom stereocenters. The van der Waals surface area contributed by atoms with E-state index in [1.807, 2.05) is 35.2 Å². The molecule has 214 valence electrons. The van der Waals surface area contributed by atoms with Crippen LogP contribution in [0.15, 0.2) is 146 Å². The van der Waals surface area contributed by atoms with Gasteiger partial charge in [0.05, 0.1) is 33.3 Å². The van der Waals surface area contributed by atoms with Crippen LogP contribution in [-0.2, 0) is 0 Å². The molecule has 0 atom stereocenters. The Balaban J connectivity index is 1.41. The molecule has 6 nitrogen and oxygen atoms in total. The van der Waals surface area contributed by atoms with E-state index in [1.165, 1.54) is 0 Å². The first-order valence-electron chi connectivity index (χ1n) is 15.3. The Hall–Kier alpha value is -6.40. The van der Waals surface area contributed by atoms with Gasteiger partial charge < -0.3 is 4.40 Å². The molecule has 0 fully saturated rings. The van der Waals surface area contributed by atoms with Gasteiger partial charge in [0.15, 0.2) is 0 Å². The molecule has 0 bridgehead atoms. The van der Waals surface area contributed by atoms with E-state index in [0.717, 1.165) is 88.2 Å². The standard InChI is InChI=1S/C40H24N6/c1-2-10-28-27(8-1)24-42-31-12-5-11-30(35(28)31)36-34-14-7-22-46(34)44-40(29-19-23-45-21-4-3-13-33(29)45)37(36)32-18-17-26-16-15-25-9-6-20-41-38(25)39(26)43-32/h1-24H. The molecular formula is C40H24N6. The Morgan fingerprint density at radius 3 is 2.35 bits per heavy atom. The van der Waals surface area contributed by atoms with Crippen LogP contribution in [0.2, 0.25) is 0 Å². The summed E-state index contributed by atoms with van der Waals surface area (Å²) in [5, 5.41) is 10.8. The van der Waals surface area contributed by atoms with Gasteiger partial charge in [0.2, 0.25) is 0 Å². The van der Waals surface area contributed by atoms with E-state index in [-0.39, 0.29) is 0 Å². The second-order valence-corrected chi connectivity index (χ2v) is 11.6. The van der Waals surface area contributed by atoms with E-state index in [0.29, 0.717) is 0 Å². The van der Waals surface area contributed by atoms with Crippen LogP contribution in [0, 0.1) is 0 Å². The summed E-state index contributed by atoms with van der Waals surface area (Å²) in [5.41, 5.74) is 10.6. The van der Waals surface area contributed by atoms with E-state index in [9.17, 15) is 0 Å². The largest absolute Gasteiger partial charge is 0.323 e. The van der Waals surface area contributed by atoms with Crippen LogP contribution < -0.4 is 0 Å². The molecule has 0 saturated carbocycles. The van der Waals surface area contributed by atoms with Gasteiger partial charge in [-0.15, -0.1) is 0 Å². The van der Waals surface area contributed by atoms with Crippen molar-refractivity contribution in [3.05, 3.63) is 146 Å². The first kappa shape index (κ1) is 25.0. The van der Waals surface area contributed by atoms with Gasteiger partial charge in [-0.3, -0.25) is 9.97 Å². The van der Waals surface area contributed by atoms with Gasteiger partial charge in [0, 0.05) is 69.2 Å². The summed E-state index contributed by atoms with van der Waals surface area (Å²) in [6, 6.07) is 40.0. The van der Waals surface area contributed by atoms with E-state index in [1.54, 1.807) is 0 Å². The third-order valence-electron chi connectivity index (χ3n) is 9.07. The zero-order valence-corrected chi connectivity index (χ0v) is 24.5. The number of fused-ring (bicyclic) bond motifs is 8. The van der Waals surface area contributed by atoms with Crippen LogP contribution in [0.3, 0.4) is 0 Å². The van der Waals surface area contributed by atoms with Gasteiger partial charge in [-0.1, -0.05) is 66.7 Å². The van der Waals surface area contributed by atoms with Crippen molar-refractivity contribution in [1.29, 1.82) is 0 Å². The lowest BCUT2D eigenvalue weighted by molar-refractivity contribution is 0.951. The highest BCUT2D eigenvalue weighted by molar-refractivity contribution is 6.17. The Morgan fingerprint density at radius 1 is 0.522 bits per heavy atom. The summed E-state index contributed by atoms with van der Waals surface area (Å²) in [4.78, 5) is 15.1. The molecule has 0 amide bonds. The lowest BCUT2D eigenvalue weighted by Gasteiger charge is -2.19. The molecule has 0 saturated heterocycles. The topological polar surface area (TPSA) is 60.4 Å². The van der Waals surface area contributed by atoms with E-state index < -0.39 is 0 Å². The minimum absolute atomic E-state index is 0.840. The Kier molecular flexibility index (Phi) is 5.19. The highest BCUT2D eigenvalue weighted by Crippen LogP contribution is 2.45. The lowest BCUT2D eigenvalue weighted by Crippen LogP contribution is -2.03. The second-order valence-electron chi connectivity index (χ2n) is 11.6. The minimum Gasteiger partial charge on any atom is -0.323 e. The first-order valence-corrected chi connectivity index (χ1v) is 15.3. The van der Waals surface area contributed by atoms with E-state index in [4.69, 9.17) is 20.1 Å². The highest BCUT2D eigenvalue weighted by atomic mass is 15.2. The first-order chi connectivity index (χ1) is 22.8. The average Bonchev–Trinajstić information content (AvgIpc) is 3.77. The molecule has 6 heteroatoms.